The van der Waals surface area contributed by atoms with Crippen LogP contribution >= 0.6 is 0 Å². The normalized spacial score (nSPS) is 26.9. The topological polar surface area (TPSA) is 32.7 Å². The third-order valence-electron chi connectivity index (χ3n) is 3.16. The number of aliphatic hydroxyl groups excluding tert-OH is 1. The number of ether oxygens (including phenoxy) is 1. The van der Waals surface area contributed by atoms with Crippen LogP contribution in [-0.4, -0.2) is 30.4 Å². The molecule has 1 fully saturated rings. The molecule has 0 radical (unpaired) electrons. The minimum absolute atomic E-state index is 0.273. The summed E-state index contributed by atoms with van der Waals surface area (Å²) in [5.74, 6) is 0. The van der Waals surface area contributed by atoms with Crippen LogP contribution in [0.25, 0.3) is 0 Å². The maximum Gasteiger partial charge on any atom is 0.0761 e. The second kappa shape index (κ2) is 5.07. The van der Waals surface area contributed by atoms with Gasteiger partial charge in [0.2, 0.25) is 0 Å². The maximum atomic E-state index is 9.48. The first kappa shape index (κ1) is 12.4. The van der Waals surface area contributed by atoms with E-state index in [1.165, 1.54) is 5.69 Å². The van der Waals surface area contributed by atoms with Crippen molar-refractivity contribution in [1.29, 1.82) is 0 Å². The molecular weight excluding hydrogens is 214 g/mol. The molecule has 1 heterocycles. The molecule has 2 rings (SSSR count). The number of rotatable bonds is 2. The van der Waals surface area contributed by atoms with E-state index in [1.807, 2.05) is 12.1 Å². The summed E-state index contributed by atoms with van der Waals surface area (Å²) in [6, 6.07) is 8.13. The van der Waals surface area contributed by atoms with Crippen molar-refractivity contribution in [3.8, 4) is 0 Å². The first-order valence-electron chi connectivity index (χ1n) is 6.24. The summed E-state index contributed by atoms with van der Waals surface area (Å²) in [6.07, 6.45) is 0.150. The zero-order chi connectivity index (χ0) is 12.4. The molecule has 1 aliphatic rings. The lowest BCUT2D eigenvalue weighted by atomic mass is 10.1. The lowest BCUT2D eigenvalue weighted by Crippen LogP contribution is -2.45. The summed E-state index contributed by atoms with van der Waals surface area (Å²) in [5, 5.41) is 9.48. The van der Waals surface area contributed by atoms with Crippen molar-refractivity contribution in [3.05, 3.63) is 29.8 Å². The molecule has 0 aromatic heterocycles. The number of hydrogen-bond donors (Lipinski definition) is 1. The Morgan fingerprint density at radius 2 is 1.71 bits per heavy atom. The number of nitrogens with zero attached hydrogens (tertiary/aromatic N) is 1. The van der Waals surface area contributed by atoms with E-state index in [-0.39, 0.29) is 12.2 Å². The molecule has 3 atom stereocenters. The van der Waals surface area contributed by atoms with Crippen LogP contribution in [0.5, 0.6) is 0 Å². The summed E-state index contributed by atoms with van der Waals surface area (Å²) in [5.41, 5.74) is 2.17. The molecular formula is C14H21NO2. The fourth-order valence-electron chi connectivity index (χ4n) is 2.35. The largest absolute Gasteiger partial charge is 0.389 e. The third-order valence-corrected chi connectivity index (χ3v) is 3.16. The van der Waals surface area contributed by atoms with Crippen LogP contribution in [0.15, 0.2) is 24.3 Å². The highest BCUT2D eigenvalue weighted by Crippen LogP contribution is 2.22. The Balaban J connectivity index is 2.11. The molecule has 3 nitrogen and oxygen atoms in total. The Morgan fingerprint density at radius 3 is 2.18 bits per heavy atom. The molecule has 3 heteroatoms. The summed E-state index contributed by atoms with van der Waals surface area (Å²) in [7, 11) is 0. The minimum atomic E-state index is -0.397. The van der Waals surface area contributed by atoms with Gasteiger partial charge in [0.05, 0.1) is 18.3 Å². The predicted molar refractivity (Wildman–Crippen MR) is 69.3 cm³/mol. The van der Waals surface area contributed by atoms with Crippen molar-refractivity contribution < 1.29 is 9.84 Å². The maximum absolute atomic E-state index is 9.48. The van der Waals surface area contributed by atoms with Gasteiger partial charge in [0.1, 0.15) is 0 Å². The average molecular weight is 235 g/mol. The quantitative estimate of drug-likeness (QED) is 0.854. The fourth-order valence-corrected chi connectivity index (χ4v) is 2.35. The van der Waals surface area contributed by atoms with Gasteiger partial charge in [-0.05, 0) is 38.5 Å². The summed E-state index contributed by atoms with van der Waals surface area (Å²) >= 11 is 0. The highest BCUT2D eigenvalue weighted by Gasteiger charge is 2.22. The third kappa shape index (κ3) is 2.99. The smallest absolute Gasteiger partial charge is 0.0761 e. The predicted octanol–water partition coefficient (Wildman–Crippen LogP) is 2.35. The van der Waals surface area contributed by atoms with E-state index >= 15 is 0 Å². The molecule has 0 amide bonds. The summed E-state index contributed by atoms with van der Waals surface area (Å²) in [6.45, 7) is 7.85. The van der Waals surface area contributed by atoms with Crippen LogP contribution in [0, 0.1) is 0 Å². The van der Waals surface area contributed by atoms with E-state index in [4.69, 9.17) is 4.74 Å². The molecule has 1 saturated heterocycles. The van der Waals surface area contributed by atoms with Crippen LogP contribution in [0.3, 0.4) is 0 Å². The Kier molecular flexibility index (Phi) is 3.69. The second-order valence-corrected chi connectivity index (χ2v) is 4.93. The fraction of sp³-hybridized carbons (Fsp3) is 0.571. The standard InChI is InChI=1S/C14H21NO2/c1-10-8-15(9-11(2)17-10)14-6-4-13(5-7-14)12(3)16/h4-7,10-12,16H,8-9H2,1-3H3/t10?,11?,12-/m1/s1. The summed E-state index contributed by atoms with van der Waals surface area (Å²) in [4.78, 5) is 2.34. The van der Waals surface area contributed by atoms with Crippen molar-refractivity contribution in [1.82, 2.24) is 0 Å². The Labute approximate surface area is 103 Å². The van der Waals surface area contributed by atoms with Gasteiger partial charge in [-0.2, -0.15) is 0 Å². The van der Waals surface area contributed by atoms with E-state index in [0.29, 0.717) is 0 Å². The molecule has 0 spiro atoms. The number of benzene rings is 1. The van der Waals surface area contributed by atoms with Gasteiger partial charge in [-0.3, -0.25) is 0 Å². The number of aliphatic hydroxyl groups is 1. The Bertz CT molecular complexity index is 351. The van der Waals surface area contributed by atoms with E-state index in [2.05, 4.69) is 30.9 Å². The van der Waals surface area contributed by atoms with Crippen LogP contribution in [0.1, 0.15) is 32.4 Å². The molecule has 17 heavy (non-hydrogen) atoms. The molecule has 0 aliphatic carbocycles. The van der Waals surface area contributed by atoms with Crippen LogP contribution < -0.4 is 4.90 Å². The number of morpholine rings is 1. The summed E-state index contributed by atoms with van der Waals surface area (Å²) < 4.78 is 5.72. The monoisotopic (exact) mass is 235 g/mol. The molecule has 1 N–H and O–H groups in total. The van der Waals surface area contributed by atoms with Gasteiger partial charge in [-0.25, -0.2) is 0 Å². The van der Waals surface area contributed by atoms with Gasteiger partial charge < -0.3 is 14.7 Å². The van der Waals surface area contributed by atoms with Crippen molar-refractivity contribution in [2.75, 3.05) is 18.0 Å². The average Bonchev–Trinajstić information content (AvgIpc) is 2.28. The van der Waals surface area contributed by atoms with E-state index < -0.39 is 6.10 Å². The van der Waals surface area contributed by atoms with Gasteiger partial charge in [-0.1, -0.05) is 12.1 Å². The van der Waals surface area contributed by atoms with Crippen molar-refractivity contribution in [2.45, 2.75) is 39.1 Å². The van der Waals surface area contributed by atoms with E-state index in [9.17, 15) is 5.11 Å². The second-order valence-electron chi connectivity index (χ2n) is 4.93. The zero-order valence-electron chi connectivity index (χ0n) is 10.8. The van der Waals surface area contributed by atoms with E-state index in [1.54, 1.807) is 6.92 Å². The molecule has 2 unspecified atom stereocenters. The van der Waals surface area contributed by atoms with Crippen molar-refractivity contribution >= 4 is 5.69 Å². The molecule has 1 aliphatic heterocycles. The van der Waals surface area contributed by atoms with Gasteiger partial charge in [0.15, 0.2) is 0 Å². The highest BCUT2D eigenvalue weighted by atomic mass is 16.5. The van der Waals surface area contributed by atoms with Crippen LogP contribution in [0.4, 0.5) is 5.69 Å². The molecule has 94 valence electrons. The first-order valence-corrected chi connectivity index (χ1v) is 6.24. The van der Waals surface area contributed by atoms with Crippen molar-refractivity contribution in [3.63, 3.8) is 0 Å². The molecule has 1 aromatic rings. The molecule has 0 bridgehead atoms. The Morgan fingerprint density at radius 1 is 1.18 bits per heavy atom. The van der Waals surface area contributed by atoms with Crippen LogP contribution in [0.2, 0.25) is 0 Å². The van der Waals surface area contributed by atoms with Gasteiger partial charge in [0, 0.05) is 18.8 Å². The van der Waals surface area contributed by atoms with Gasteiger partial charge in [-0.15, -0.1) is 0 Å². The van der Waals surface area contributed by atoms with Crippen molar-refractivity contribution in [2.24, 2.45) is 0 Å². The molecule has 1 aromatic carbocycles. The number of anilines is 1. The number of hydrogen-bond acceptors (Lipinski definition) is 3. The minimum Gasteiger partial charge on any atom is -0.389 e. The Hall–Kier alpha value is -1.06. The lowest BCUT2D eigenvalue weighted by molar-refractivity contribution is -0.00522. The van der Waals surface area contributed by atoms with Gasteiger partial charge in [0.25, 0.3) is 0 Å². The zero-order valence-corrected chi connectivity index (χ0v) is 10.8. The lowest BCUT2D eigenvalue weighted by Gasteiger charge is -2.37. The SMILES string of the molecule is CC1CN(c2ccc([C@@H](C)O)cc2)CC(C)O1. The first-order chi connectivity index (χ1) is 8.06. The highest BCUT2D eigenvalue weighted by molar-refractivity contribution is 5.48. The molecule has 0 saturated carbocycles. The van der Waals surface area contributed by atoms with Crippen LogP contribution in [-0.2, 0) is 4.74 Å². The van der Waals surface area contributed by atoms with E-state index in [0.717, 1.165) is 18.7 Å². The van der Waals surface area contributed by atoms with Gasteiger partial charge >= 0.3 is 0 Å².